The molecule has 1 amide bonds. The van der Waals surface area contributed by atoms with Crippen molar-refractivity contribution >= 4 is 11.9 Å². The van der Waals surface area contributed by atoms with Crippen LogP contribution in [-0.4, -0.2) is 29.6 Å². The van der Waals surface area contributed by atoms with Crippen molar-refractivity contribution in [2.24, 2.45) is 5.92 Å². The molecule has 1 unspecified atom stereocenters. The molecule has 1 atom stereocenters. The zero-order valence-corrected chi connectivity index (χ0v) is 13.2. The van der Waals surface area contributed by atoms with Gasteiger partial charge in [-0.25, -0.2) is 4.79 Å². The Balaban J connectivity index is 2.70. The Morgan fingerprint density at radius 1 is 1.19 bits per heavy atom. The summed E-state index contributed by atoms with van der Waals surface area (Å²) in [5, 5.41) is 11.5. The second kappa shape index (κ2) is 7.11. The Morgan fingerprint density at radius 3 is 2.29 bits per heavy atom. The second-order valence-electron chi connectivity index (χ2n) is 5.57. The van der Waals surface area contributed by atoms with E-state index in [1.165, 1.54) is 0 Å². The van der Waals surface area contributed by atoms with Gasteiger partial charge in [0.05, 0.1) is 0 Å². The largest absolute Gasteiger partial charge is 0.483 e. The molecule has 1 aromatic carbocycles. The highest BCUT2D eigenvalue weighted by atomic mass is 16.5. The molecule has 2 N–H and O–H groups in total. The van der Waals surface area contributed by atoms with Gasteiger partial charge in [0, 0.05) is 0 Å². The molecule has 0 aliphatic heterocycles. The van der Waals surface area contributed by atoms with E-state index < -0.39 is 17.9 Å². The number of aliphatic carboxylic acids is 1. The summed E-state index contributed by atoms with van der Waals surface area (Å²) in [7, 11) is 0. The Labute approximate surface area is 125 Å². The van der Waals surface area contributed by atoms with Gasteiger partial charge in [0.1, 0.15) is 11.8 Å². The van der Waals surface area contributed by atoms with Crippen LogP contribution < -0.4 is 10.1 Å². The van der Waals surface area contributed by atoms with E-state index in [4.69, 9.17) is 9.84 Å². The number of hydrogen-bond acceptors (Lipinski definition) is 3. The number of carboxylic acids is 1. The van der Waals surface area contributed by atoms with E-state index >= 15 is 0 Å². The van der Waals surface area contributed by atoms with Gasteiger partial charge in [-0.2, -0.15) is 0 Å². The average Bonchev–Trinajstić information content (AvgIpc) is 2.39. The summed E-state index contributed by atoms with van der Waals surface area (Å²) in [4.78, 5) is 22.9. The van der Waals surface area contributed by atoms with Crippen molar-refractivity contribution in [2.75, 3.05) is 6.61 Å². The number of hydrogen-bond donors (Lipinski definition) is 2. The molecule has 21 heavy (non-hydrogen) atoms. The minimum Gasteiger partial charge on any atom is -0.483 e. The summed E-state index contributed by atoms with van der Waals surface area (Å²) in [5.41, 5.74) is 3.02. The highest BCUT2D eigenvalue weighted by Gasteiger charge is 2.23. The molecular weight excluding hydrogens is 270 g/mol. The van der Waals surface area contributed by atoms with Gasteiger partial charge in [0.2, 0.25) is 0 Å². The number of nitrogens with one attached hydrogen (secondary N) is 1. The number of benzene rings is 1. The molecular formula is C16H23NO4. The first kappa shape index (κ1) is 17.0. The molecule has 1 aromatic rings. The quantitative estimate of drug-likeness (QED) is 0.843. The lowest BCUT2D eigenvalue weighted by Gasteiger charge is -2.19. The lowest BCUT2D eigenvalue weighted by molar-refractivity contribution is -0.143. The zero-order valence-electron chi connectivity index (χ0n) is 13.2. The summed E-state index contributed by atoms with van der Waals surface area (Å²) in [6.45, 7) is 9.11. The van der Waals surface area contributed by atoms with Crippen LogP contribution in [0.1, 0.15) is 30.5 Å². The van der Waals surface area contributed by atoms with Gasteiger partial charge in [-0.05, 0) is 43.4 Å². The molecule has 0 saturated carbocycles. The Hall–Kier alpha value is -2.04. The van der Waals surface area contributed by atoms with E-state index in [2.05, 4.69) is 5.32 Å². The Kier molecular flexibility index (Phi) is 5.76. The molecule has 0 aliphatic carbocycles. The molecule has 0 aliphatic rings. The maximum Gasteiger partial charge on any atom is 0.326 e. The number of ether oxygens (including phenoxy) is 1. The van der Waals surface area contributed by atoms with Crippen LogP contribution in [0.5, 0.6) is 5.75 Å². The topological polar surface area (TPSA) is 75.6 Å². The normalized spacial score (nSPS) is 12.1. The minimum absolute atomic E-state index is 0.186. The molecule has 5 nitrogen and oxygen atoms in total. The summed E-state index contributed by atoms with van der Waals surface area (Å²) in [6.07, 6.45) is 0. The molecule has 0 aromatic heterocycles. The van der Waals surface area contributed by atoms with Crippen LogP contribution in [0.4, 0.5) is 0 Å². The third-order valence-corrected chi connectivity index (χ3v) is 3.47. The lowest BCUT2D eigenvalue weighted by atomic mass is 10.0. The van der Waals surface area contributed by atoms with Crippen LogP contribution in [-0.2, 0) is 9.59 Å². The monoisotopic (exact) mass is 293 g/mol. The third-order valence-electron chi connectivity index (χ3n) is 3.47. The SMILES string of the molecule is Cc1ccc(C)c(OCC(=O)NC(C(=O)O)C(C)C)c1C. The van der Waals surface area contributed by atoms with Crippen molar-refractivity contribution in [1.29, 1.82) is 0 Å². The van der Waals surface area contributed by atoms with Gasteiger partial charge in [0.25, 0.3) is 5.91 Å². The van der Waals surface area contributed by atoms with Gasteiger partial charge < -0.3 is 15.2 Å². The summed E-state index contributed by atoms with van der Waals surface area (Å²) < 4.78 is 5.57. The fourth-order valence-corrected chi connectivity index (χ4v) is 2.01. The van der Waals surface area contributed by atoms with Crippen molar-refractivity contribution in [3.8, 4) is 5.75 Å². The van der Waals surface area contributed by atoms with E-state index in [-0.39, 0.29) is 12.5 Å². The number of aryl methyl sites for hydroxylation is 2. The van der Waals surface area contributed by atoms with Gasteiger partial charge in [-0.15, -0.1) is 0 Å². The first-order valence-corrected chi connectivity index (χ1v) is 6.95. The maximum atomic E-state index is 11.8. The van der Waals surface area contributed by atoms with Crippen molar-refractivity contribution in [3.05, 3.63) is 28.8 Å². The molecule has 0 spiro atoms. The highest BCUT2D eigenvalue weighted by molar-refractivity contribution is 5.84. The predicted molar refractivity (Wildman–Crippen MR) is 80.6 cm³/mol. The third kappa shape index (κ3) is 4.48. The van der Waals surface area contributed by atoms with Gasteiger partial charge in [-0.1, -0.05) is 26.0 Å². The maximum absolute atomic E-state index is 11.8. The predicted octanol–water partition coefficient (Wildman–Crippen LogP) is 2.22. The molecule has 116 valence electrons. The summed E-state index contributed by atoms with van der Waals surface area (Å²) >= 11 is 0. The fraction of sp³-hybridized carbons (Fsp3) is 0.500. The van der Waals surface area contributed by atoms with E-state index in [1.807, 2.05) is 32.9 Å². The molecule has 5 heteroatoms. The second-order valence-corrected chi connectivity index (χ2v) is 5.57. The average molecular weight is 293 g/mol. The van der Waals surface area contributed by atoms with Crippen molar-refractivity contribution in [3.63, 3.8) is 0 Å². The minimum atomic E-state index is -1.04. The van der Waals surface area contributed by atoms with Gasteiger partial charge in [-0.3, -0.25) is 4.79 Å². The van der Waals surface area contributed by atoms with Crippen LogP contribution in [0.2, 0.25) is 0 Å². The van der Waals surface area contributed by atoms with Crippen molar-refractivity contribution < 1.29 is 19.4 Å². The lowest BCUT2D eigenvalue weighted by Crippen LogP contribution is -2.46. The number of carbonyl (C=O) groups is 2. The van der Waals surface area contributed by atoms with Crippen LogP contribution in [0, 0.1) is 26.7 Å². The number of carbonyl (C=O) groups excluding carboxylic acids is 1. The summed E-state index contributed by atoms with van der Waals surface area (Å²) in [6, 6.07) is 3.03. The molecule has 0 saturated heterocycles. The van der Waals surface area contributed by atoms with Gasteiger partial charge >= 0.3 is 5.97 Å². The van der Waals surface area contributed by atoms with E-state index in [9.17, 15) is 9.59 Å². The molecule has 0 radical (unpaired) electrons. The molecule has 0 bridgehead atoms. The number of amides is 1. The van der Waals surface area contributed by atoms with Crippen LogP contribution in [0.3, 0.4) is 0 Å². The van der Waals surface area contributed by atoms with Gasteiger partial charge in [0.15, 0.2) is 6.61 Å². The molecule has 0 fully saturated rings. The van der Waals surface area contributed by atoms with E-state index in [0.29, 0.717) is 5.75 Å². The van der Waals surface area contributed by atoms with Crippen molar-refractivity contribution in [2.45, 2.75) is 40.7 Å². The summed E-state index contributed by atoms with van der Waals surface area (Å²) in [5.74, 6) is -0.979. The fourth-order valence-electron chi connectivity index (χ4n) is 2.01. The molecule has 0 heterocycles. The standard InChI is InChI=1S/C16H23NO4/c1-9(2)14(16(19)20)17-13(18)8-21-15-11(4)7-6-10(3)12(15)5/h6-7,9,14H,8H2,1-5H3,(H,17,18)(H,19,20). The van der Waals surface area contributed by atoms with Crippen LogP contribution in [0.25, 0.3) is 0 Å². The van der Waals surface area contributed by atoms with E-state index in [1.54, 1.807) is 13.8 Å². The van der Waals surface area contributed by atoms with E-state index in [0.717, 1.165) is 16.7 Å². The number of rotatable bonds is 6. The first-order valence-electron chi connectivity index (χ1n) is 6.95. The first-order chi connectivity index (χ1) is 9.73. The zero-order chi connectivity index (χ0) is 16.2. The number of carboxylic acid groups (broad SMARTS) is 1. The Morgan fingerprint density at radius 2 is 1.76 bits per heavy atom. The van der Waals surface area contributed by atoms with Crippen molar-refractivity contribution in [1.82, 2.24) is 5.32 Å². The van der Waals surface area contributed by atoms with Crippen LogP contribution in [0.15, 0.2) is 12.1 Å². The smallest absolute Gasteiger partial charge is 0.326 e. The molecule has 1 rings (SSSR count). The highest BCUT2D eigenvalue weighted by Crippen LogP contribution is 2.25. The van der Waals surface area contributed by atoms with Crippen LogP contribution >= 0.6 is 0 Å². The Bertz CT molecular complexity index is 537.